The summed E-state index contributed by atoms with van der Waals surface area (Å²) in [5.41, 5.74) is 8.45. The molecule has 0 aliphatic heterocycles. The van der Waals surface area contributed by atoms with Crippen LogP contribution < -0.4 is 5.73 Å². The Morgan fingerprint density at radius 1 is 1.58 bits per heavy atom. The van der Waals surface area contributed by atoms with Gasteiger partial charge >= 0.3 is 0 Å². The Bertz CT molecular complexity index is 522. The van der Waals surface area contributed by atoms with E-state index in [1.165, 1.54) is 15.0 Å². The van der Waals surface area contributed by atoms with Crippen LogP contribution in [-0.2, 0) is 13.1 Å². The lowest BCUT2D eigenvalue weighted by Gasteiger charge is -2.27. The van der Waals surface area contributed by atoms with Crippen molar-refractivity contribution in [2.24, 2.45) is 5.73 Å². The van der Waals surface area contributed by atoms with Crippen LogP contribution in [0.25, 0.3) is 0 Å². The number of halogens is 1. The van der Waals surface area contributed by atoms with Crippen molar-refractivity contribution >= 4 is 27.3 Å². The van der Waals surface area contributed by atoms with Crippen LogP contribution in [0.15, 0.2) is 27.8 Å². The maximum atomic E-state index is 5.96. The van der Waals surface area contributed by atoms with Crippen LogP contribution in [0.3, 0.4) is 0 Å². The lowest BCUT2D eigenvalue weighted by atomic mass is 10.1. The van der Waals surface area contributed by atoms with Crippen molar-refractivity contribution in [2.75, 3.05) is 13.6 Å². The molecule has 0 aromatic carbocycles. The lowest BCUT2D eigenvalue weighted by Crippen LogP contribution is -2.31. The van der Waals surface area contributed by atoms with Gasteiger partial charge in [-0.3, -0.25) is 4.90 Å². The third-order valence-electron chi connectivity index (χ3n) is 3.24. The second-order valence-corrected chi connectivity index (χ2v) is 6.82. The van der Waals surface area contributed by atoms with E-state index >= 15 is 0 Å². The zero-order valence-electron chi connectivity index (χ0n) is 11.2. The van der Waals surface area contributed by atoms with Gasteiger partial charge in [0, 0.05) is 25.8 Å². The summed E-state index contributed by atoms with van der Waals surface area (Å²) in [7, 11) is 2.11. The standard InChI is InChI=1S/C13H19BrN4S/c1-3-18-9-16-6-12(18)11(5-15)17(2)7-10-4-13(14)19-8-10/h4,6,8-9,11H,3,5,7,15H2,1-2H3. The van der Waals surface area contributed by atoms with Crippen LogP contribution in [0.2, 0.25) is 0 Å². The van der Waals surface area contributed by atoms with Gasteiger partial charge in [-0.15, -0.1) is 11.3 Å². The smallest absolute Gasteiger partial charge is 0.0948 e. The fourth-order valence-electron chi connectivity index (χ4n) is 2.23. The Morgan fingerprint density at radius 3 is 2.95 bits per heavy atom. The second-order valence-electron chi connectivity index (χ2n) is 4.53. The van der Waals surface area contributed by atoms with Gasteiger partial charge in [0.25, 0.3) is 0 Å². The van der Waals surface area contributed by atoms with Gasteiger partial charge in [0.1, 0.15) is 0 Å². The summed E-state index contributed by atoms with van der Waals surface area (Å²) in [6, 6.07) is 2.35. The normalized spacial score (nSPS) is 13.1. The number of likely N-dealkylation sites (N-methyl/N-ethyl adjacent to an activating group) is 1. The first-order valence-corrected chi connectivity index (χ1v) is 7.96. The zero-order chi connectivity index (χ0) is 13.8. The largest absolute Gasteiger partial charge is 0.333 e. The number of thiophene rings is 1. The van der Waals surface area contributed by atoms with E-state index in [0.717, 1.165) is 13.1 Å². The lowest BCUT2D eigenvalue weighted by molar-refractivity contribution is 0.233. The van der Waals surface area contributed by atoms with Gasteiger partial charge in [0.05, 0.1) is 21.8 Å². The summed E-state index contributed by atoms with van der Waals surface area (Å²) in [6.07, 6.45) is 3.79. The molecule has 2 aromatic rings. The molecule has 0 aliphatic carbocycles. The predicted molar refractivity (Wildman–Crippen MR) is 83.2 cm³/mol. The number of nitrogens with zero attached hydrogens (tertiary/aromatic N) is 3. The van der Waals surface area contributed by atoms with Gasteiger partial charge in [-0.2, -0.15) is 0 Å². The molecule has 0 spiro atoms. The summed E-state index contributed by atoms with van der Waals surface area (Å²) in [5.74, 6) is 0. The Kier molecular flexibility index (Phi) is 5.15. The van der Waals surface area contributed by atoms with E-state index in [0.29, 0.717) is 6.54 Å². The van der Waals surface area contributed by atoms with Gasteiger partial charge < -0.3 is 10.3 Å². The molecule has 2 rings (SSSR count). The first-order valence-electron chi connectivity index (χ1n) is 6.29. The fraction of sp³-hybridized carbons (Fsp3) is 0.462. The van der Waals surface area contributed by atoms with Crippen molar-refractivity contribution in [1.29, 1.82) is 0 Å². The van der Waals surface area contributed by atoms with Crippen molar-refractivity contribution in [3.05, 3.63) is 39.0 Å². The van der Waals surface area contributed by atoms with E-state index in [-0.39, 0.29) is 6.04 Å². The molecule has 0 aliphatic rings. The van der Waals surface area contributed by atoms with Crippen molar-refractivity contribution in [1.82, 2.24) is 14.5 Å². The maximum Gasteiger partial charge on any atom is 0.0948 e. The molecular formula is C13H19BrN4S. The van der Waals surface area contributed by atoms with Crippen LogP contribution in [0, 0.1) is 0 Å². The fourth-order valence-corrected chi connectivity index (χ4v) is 3.43. The van der Waals surface area contributed by atoms with Crippen molar-refractivity contribution in [2.45, 2.75) is 26.1 Å². The maximum absolute atomic E-state index is 5.96. The van der Waals surface area contributed by atoms with Crippen molar-refractivity contribution < 1.29 is 0 Å². The SMILES string of the molecule is CCn1cncc1C(CN)N(C)Cc1csc(Br)c1. The molecule has 104 valence electrons. The first kappa shape index (κ1) is 14.7. The van der Waals surface area contributed by atoms with Gasteiger partial charge in [-0.1, -0.05) is 0 Å². The summed E-state index contributed by atoms with van der Waals surface area (Å²) in [4.78, 5) is 6.51. The molecule has 19 heavy (non-hydrogen) atoms. The average Bonchev–Trinajstić information content (AvgIpc) is 2.99. The van der Waals surface area contributed by atoms with Gasteiger partial charge in [0.2, 0.25) is 0 Å². The van der Waals surface area contributed by atoms with E-state index in [1.807, 2.05) is 12.5 Å². The third kappa shape index (κ3) is 3.45. The topological polar surface area (TPSA) is 47.1 Å². The highest BCUT2D eigenvalue weighted by molar-refractivity contribution is 9.11. The Labute approximate surface area is 126 Å². The Balaban J connectivity index is 2.13. The molecule has 0 saturated heterocycles. The Hall–Kier alpha value is -0.690. The second kappa shape index (κ2) is 6.65. The molecule has 1 unspecified atom stereocenters. The molecule has 2 heterocycles. The number of imidazole rings is 1. The predicted octanol–water partition coefficient (Wildman–Crippen LogP) is 2.86. The third-order valence-corrected chi connectivity index (χ3v) is 4.79. The van der Waals surface area contributed by atoms with Crippen LogP contribution in [0.5, 0.6) is 0 Å². The van der Waals surface area contributed by atoms with E-state index in [9.17, 15) is 0 Å². The van der Waals surface area contributed by atoms with E-state index < -0.39 is 0 Å². The molecule has 0 amide bonds. The summed E-state index contributed by atoms with van der Waals surface area (Å²) in [5, 5.41) is 2.17. The molecule has 0 saturated carbocycles. The summed E-state index contributed by atoms with van der Waals surface area (Å²) >= 11 is 5.21. The highest BCUT2D eigenvalue weighted by Gasteiger charge is 2.19. The monoisotopic (exact) mass is 342 g/mol. The molecule has 6 heteroatoms. The minimum Gasteiger partial charge on any atom is -0.333 e. The van der Waals surface area contributed by atoms with Crippen molar-refractivity contribution in [3.8, 4) is 0 Å². The van der Waals surface area contributed by atoms with Gasteiger partial charge in [0.15, 0.2) is 0 Å². The van der Waals surface area contributed by atoms with Gasteiger partial charge in [-0.25, -0.2) is 4.98 Å². The molecule has 0 fully saturated rings. The molecule has 2 N–H and O–H groups in total. The highest BCUT2D eigenvalue weighted by Crippen LogP contribution is 2.25. The van der Waals surface area contributed by atoms with Crippen LogP contribution in [0.4, 0.5) is 0 Å². The number of nitrogens with two attached hydrogens (primary N) is 1. The van der Waals surface area contributed by atoms with Crippen LogP contribution in [0.1, 0.15) is 24.2 Å². The van der Waals surface area contributed by atoms with Crippen LogP contribution in [-0.4, -0.2) is 28.0 Å². The number of hydrogen-bond donors (Lipinski definition) is 1. The zero-order valence-corrected chi connectivity index (χ0v) is 13.6. The molecule has 0 radical (unpaired) electrons. The van der Waals surface area contributed by atoms with Crippen LogP contribution >= 0.6 is 27.3 Å². The molecular weight excluding hydrogens is 324 g/mol. The van der Waals surface area contributed by atoms with Gasteiger partial charge in [-0.05, 0) is 46.9 Å². The molecule has 2 aromatic heterocycles. The number of aromatic nitrogens is 2. The van der Waals surface area contributed by atoms with Crippen molar-refractivity contribution in [3.63, 3.8) is 0 Å². The summed E-state index contributed by atoms with van der Waals surface area (Å²) in [6.45, 7) is 4.52. The average molecular weight is 343 g/mol. The summed E-state index contributed by atoms with van der Waals surface area (Å²) < 4.78 is 3.32. The Morgan fingerprint density at radius 2 is 2.37 bits per heavy atom. The minimum absolute atomic E-state index is 0.195. The van der Waals surface area contributed by atoms with E-state index in [2.05, 4.69) is 55.8 Å². The number of hydrogen-bond acceptors (Lipinski definition) is 4. The molecule has 0 bridgehead atoms. The number of rotatable bonds is 6. The van der Waals surface area contributed by atoms with E-state index in [4.69, 9.17) is 5.73 Å². The highest BCUT2D eigenvalue weighted by atomic mass is 79.9. The molecule has 4 nitrogen and oxygen atoms in total. The minimum atomic E-state index is 0.195. The van der Waals surface area contributed by atoms with E-state index in [1.54, 1.807) is 11.3 Å². The first-order chi connectivity index (χ1) is 9.15. The molecule has 1 atom stereocenters. The quantitative estimate of drug-likeness (QED) is 0.877. The number of aryl methyl sites for hydroxylation is 1.